The Hall–Kier alpha value is -6.40. The molecule has 0 bridgehead atoms. The lowest BCUT2D eigenvalue weighted by molar-refractivity contribution is 0.369. The summed E-state index contributed by atoms with van der Waals surface area (Å²) in [5.74, 6) is -41.1. The molecule has 9 rings (SSSR count). The third-order valence-electron chi connectivity index (χ3n) is 10.0. The van der Waals surface area contributed by atoms with E-state index in [1.54, 1.807) is 0 Å². The molecule has 0 amide bonds. The zero-order chi connectivity index (χ0) is 41.5. The molecule has 0 aromatic heterocycles. The van der Waals surface area contributed by atoms with Crippen LogP contribution < -0.4 is 14.8 Å². The van der Waals surface area contributed by atoms with Crippen LogP contribution in [0, 0.1) is 93.1 Å². The first-order chi connectivity index (χ1) is 27.5. The largest absolute Gasteiger partial charge is 0.636 e. The van der Waals surface area contributed by atoms with Crippen molar-refractivity contribution >= 4 is 55.7 Å². The standard InChI is InChI=1S/C39H9BF16O2/c41-13-3-1-2-10-8-12-18(15(10)13)24(43)34(53)36(55)38(12)57-40(58-39-22-21(29(48)35(54)37(39)56)28(47)32(51)33(52)30(22)49)23-11-6-4-9-5-7-14(42)19-16(9)17(11)20(26(45)25(19)44)27(46)31(23)50/h1-7H,8H2. The van der Waals surface area contributed by atoms with Crippen molar-refractivity contribution in [2.75, 3.05) is 0 Å². The molecule has 0 heterocycles. The lowest BCUT2D eigenvalue weighted by Gasteiger charge is -2.24. The number of hydrogen-bond donors (Lipinski definition) is 0. The Balaban J connectivity index is 1.41. The summed E-state index contributed by atoms with van der Waals surface area (Å²) in [6.07, 6.45) is -0.732. The fourth-order valence-corrected chi connectivity index (χ4v) is 7.56. The predicted molar refractivity (Wildman–Crippen MR) is 175 cm³/mol. The average Bonchev–Trinajstić information content (AvgIpc) is 3.60. The first-order valence-electron chi connectivity index (χ1n) is 16.2. The van der Waals surface area contributed by atoms with Crippen LogP contribution in [0.2, 0.25) is 0 Å². The first-order valence-corrected chi connectivity index (χ1v) is 16.2. The molecule has 58 heavy (non-hydrogen) atoms. The minimum absolute atomic E-state index is 0.145. The predicted octanol–water partition coefficient (Wildman–Crippen LogP) is 11.4. The zero-order valence-corrected chi connectivity index (χ0v) is 27.7. The molecule has 0 N–H and O–H groups in total. The molecule has 8 aromatic carbocycles. The summed E-state index contributed by atoms with van der Waals surface area (Å²) >= 11 is 0. The zero-order valence-electron chi connectivity index (χ0n) is 27.7. The van der Waals surface area contributed by atoms with Gasteiger partial charge in [-0.3, -0.25) is 0 Å². The van der Waals surface area contributed by atoms with Gasteiger partial charge in [-0.15, -0.1) is 0 Å². The van der Waals surface area contributed by atoms with Crippen LogP contribution in [0.25, 0.3) is 54.2 Å². The Morgan fingerprint density at radius 3 is 1.59 bits per heavy atom. The maximum Gasteiger partial charge on any atom is 0.636 e. The highest BCUT2D eigenvalue weighted by atomic mass is 19.2. The van der Waals surface area contributed by atoms with Crippen LogP contribution in [0.15, 0.2) is 42.5 Å². The van der Waals surface area contributed by atoms with Gasteiger partial charge in [-0.25, -0.2) is 61.5 Å². The van der Waals surface area contributed by atoms with Gasteiger partial charge in [0.05, 0.1) is 27.0 Å². The Bertz CT molecular complexity index is 3180. The van der Waals surface area contributed by atoms with Gasteiger partial charge in [-0.05, 0) is 28.5 Å². The second-order valence-electron chi connectivity index (χ2n) is 13.0. The summed E-state index contributed by atoms with van der Waals surface area (Å²) in [4.78, 5) is 0. The van der Waals surface area contributed by atoms with Crippen molar-refractivity contribution in [2.24, 2.45) is 0 Å². The van der Waals surface area contributed by atoms with Crippen LogP contribution in [-0.4, -0.2) is 7.12 Å². The molecule has 8 aromatic rings. The quantitative estimate of drug-likeness (QED) is 0.0566. The van der Waals surface area contributed by atoms with Crippen LogP contribution in [0.1, 0.15) is 11.1 Å². The Morgan fingerprint density at radius 2 is 0.897 bits per heavy atom. The average molecular weight is 824 g/mol. The minimum atomic E-state index is -3.31. The fourth-order valence-electron chi connectivity index (χ4n) is 7.56. The van der Waals surface area contributed by atoms with Crippen LogP contribution in [0.5, 0.6) is 11.5 Å². The summed E-state index contributed by atoms with van der Waals surface area (Å²) in [5, 5.41) is -9.55. The lowest BCUT2D eigenvalue weighted by atomic mass is 9.73. The molecular weight excluding hydrogens is 815 g/mol. The van der Waals surface area contributed by atoms with Crippen molar-refractivity contribution < 1.29 is 79.6 Å². The van der Waals surface area contributed by atoms with Crippen molar-refractivity contribution in [2.45, 2.75) is 6.42 Å². The van der Waals surface area contributed by atoms with Crippen LogP contribution >= 0.6 is 0 Å². The Morgan fingerprint density at radius 1 is 0.379 bits per heavy atom. The molecule has 0 aliphatic heterocycles. The molecule has 1 aliphatic carbocycles. The maximum atomic E-state index is 16.6. The number of rotatable bonds is 5. The Kier molecular flexibility index (Phi) is 8.05. The summed E-state index contributed by atoms with van der Waals surface area (Å²) in [6, 6.07) is 6.49. The number of fused-ring (bicyclic) bond motifs is 4. The van der Waals surface area contributed by atoms with Crippen molar-refractivity contribution in [1.82, 2.24) is 0 Å². The molecular formula is C39H9BF16O2. The molecule has 19 heteroatoms. The molecule has 2 nitrogen and oxygen atoms in total. The fraction of sp³-hybridized carbons (Fsp3) is 0.0256. The molecule has 0 atom stereocenters. The molecule has 0 fully saturated rings. The van der Waals surface area contributed by atoms with E-state index in [1.807, 2.05) is 0 Å². The van der Waals surface area contributed by atoms with Gasteiger partial charge in [-0.2, -0.15) is 8.78 Å². The normalized spacial score (nSPS) is 12.4. The minimum Gasteiger partial charge on any atom is -0.519 e. The molecule has 0 spiro atoms. The summed E-state index contributed by atoms with van der Waals surface area (Å²) in [5.41, 5.74) is -4.17. The van der Waals surface area contributed by atoms with Gasteiger partial charge >= 0.3 is 7.12 Å². The summed E-state index contributed by atoms with van der Waals surface area (Å²) in [7, 11) is -3.31. The van der Waals surface area contributed by atoms with Gasteiger partial charge in [-0.1, -0.05) is 30.3 Å². The maximum absolute atomic E-state index is 16.6. The molecule has 0 saturated carbocycles. The van der Waals surface area contributed by atoms with Crippen LogP contribution in [-0.2, 0) is 6.42 Å². The van der Waals surface area contributed by atoms with Crippen LogP contribution in [0.3, 0.4) is 0 Å². The topological polar surface area (TPSA) is 18.5 Å². The molecule has 0 unspecified atom stereocenters. The number of benzene rings is 8. The smallest absolute Gasteiger partial charge is 0.519 e. The SMILES string of the molecule is Fc1cccc2c1-c1c(F)c(F)c(F)c(OB(Oc3c(F)c(F)c(F)c4c(F)c(F)c(F)c(F)c34)c3c(F)c(F)c4c(F)c(F)c5c(F)ccc6ccc3c4c65)c1C2. The van der Waals surface area contributed by atoms with E-state index in [9.17, 15) is 17.6 Å². The summed E-state index contributed by atoms with van der Waals surface area (Å²) < 4.78 is 256. The van der Waals surface area contributed by atoms with Crippen molar-refractivity contribution in [3.8, 4) is 22.6 Å². The van der Waals surface area contributed by atoms with Gasteiger partial charge in [0.25, 0.3) is 0 Å². The van der Waals surface area contributed by atoms with E-state index in [4.69, 9.17) is 9.31 Å². The van der Waals surface area contributed by atoms with E-state index in [-0.39, 0.29) is 10.9 Å². The van der Waals surface area contributed by atoms with E-state index in [2.05, 4.69) is 0 Å². The van der Waals surface area contributed by atoms with Crippen molar-refractivity contribution in [3.05, 3.63) is 147 Å². The third kappa shape index (κ3) is 4.72. The highest BCUT2D eigenvalue weighted by molar-refractivity contribution is 6.66. The summed E-state index contributed by atoms with van der Waals surface area (Å²) in [6.45, 7) is 0. The lowest BCUT2D eigenvalue weighted by Crippen LogP contribution is -2.46. The number of halogens is 16. The Labute approximate surface area is 310 Å². The van der Waals surface area contributed by atoms with E-state index in [0.717, 1.165) is 30.3 Å². The molecule has 0 radical (unpaired) electrons. The molecule has 292 valence electrons. The van der Waals surface area contributed by atoms with Gasteiger partial charge in [0.1, 0.15) is 17.4 Å². The second kappa shape index (κ2) is 12.6. The number of hydrogen-bond acceptors (Lipinski definition) is 2. The van der Waals surface area contributed by atoms with Crippen molar-refractivity contribution in [3.63, 3.8) is 0 Å². The third-order valence-corrected chi connectivity index (χ3v) is 10.0. The monoisotopic (exact) mass is 824 g/mol. The highest BCUT2D eigenvalue weighted by Gasteiger charge is 2.43. The van der Waals surface area contributed by atoms with Gasteiger partial charge in [0.15, 0.2) is 75.6 Å². The molecule has 1 aliphatic rings. The first kappa shape index (κ1) is 37.2. The van der Waals surface area contributed by atoms with Gasteiger partial charge < -0.3 is 9.31 Å². The van der Waals surface area contributed by atoms with E-state index in [1.165, 1.54) is 6.07 Å². The van der Waals surface area contributed by atoms with E-state index in [0.29, 0.717) is 6.07 Å². The van der Waals surface area contributed by atoms with E-state index < -0.39 is 178 Å². The highest BCUT2D eigenvalue weighted by Crippen LogP contribution is 2.48. The molecule has 0 saturated heterocycles. The van der Waals surface area contributed by atoms with Gasteiger partial charge in [0, 0.05) is 33.9 Å². The van der Waals surface area contributed by atoms with Crippen LogP contribution in [0.4, 0.5) is 70.2 Å². The van der Waals surface area contributed by atoms with Gasteiger partial charge in [0.2, 0.25) is 11.6 Å². The second-order valence-corrected chi connectivity index (χ2v) is 13.0. The van der Waals surface area contributed by atoms with E-state index >= 15 is 52.7 Å². The van der Waals surface area contributed by atoms with Crippen molar-refractivity contribution in [1.29, 1.82) is 0 Å².